The minimum absolute atomic E-state index is 0.0412. The molecule has 0 bridgehead atoms. The molecular formula is C39H49I2N2O+. The molecule has 234 valence electrons. The molecule has 0 atom stereocenters. The normalized spacial score (nSPS) is 20.6. The average Bonchev–Trinajstić information content (AvgIpc) is 3.33. The monoisotopic (exact) mass is 815 g/mol. The molecule has 3 nitrogen and oxygen atoms in total. The Bertz CT molecular complexity index is 1540. The summed E-state index contributed by atoms with van der Waals surface area (Å²) in [5.74, 6) is 0. The number of benzene rings is 2. The van der Waals surface area contributed by atoms with Crippen LogP contribution in [0.4, 0.5) is 11.4 Å². The maximum atomic E-state index is 6.14. The predicted octanol–water partition coefficient (Wildman–Crippen LogP) is 10.8. The van der Waals surface area contributed by atoms with E-state index in [0.29, 0.717) is 13.2 Å². The number of nitrogens with zero attached hydrogens (tertiary/aromatic N) is 2. The molecule has 0 aliphatic carbocycles. The first-order chi connectivity index (χ1) is 21.1. The Balaban J connectivity index is 1.44. The van der Waals surface area contributed by atoms with Gasteiger partial charge >= 0.3 is 0 Å². The van der Waals surface area contributed by atoms with Crippen LogP contribution in [0.5, 0.6) is 0 Å². The van der Waals surface area contributed by atoms with Crippen molar-refractivity contribution in [3.63, 3.8) is 0 Å². The van der Waals surface area contributed by atoms with Gasteiger partial charge in [-0.25, -0.2) is 0 Å². The van der Waals surface area contributed by atoms with E-state index < -0.39 is 0 Å². The van der Waals surface area contributed by atoms with Crippen molar-refractivity contribution in [2.24, 2.45) is 0 Å². The van der Waals surface area contributed by atoms with Gasteiger partial charge in [0.05, 0.1) is 18.6 Å². The lowest BCUT2D eigenvalue weighted by atomic mass is 9.81. The van der Waals surface area contributed by atoms with Crippen LogP contribution in [0.1, 0.15) is 91.2 Å². The maximum absolute atomic E-state index is 6.14. The van der Waals surface area contributed by atoms with E-state index in [0.717, 1.165) is 13.1 Å². The Morgan fingerprint density at radius 3 is 2.27 bits per heavy atom. The lowest BCUT2D eigenvalue weighted by Crippen LogP contribution is -2.28. The van der Waals surface area contributed by atoms with Gasteiger partial charge in [0.2, 0.25) is 5.69 Å². The molecule has 0 saturated carbocycles. The van der Waals surface area contributed by atoms with E-state index in [9.17, 15) is 0 Å². The van der Waals surface area contributed by atoms with E-state index in [-0.39, 0.29) is 10.8 Å². The van der Waals surface area contributed by atoms with Crippen molar-refractivity contribution in [3.8, 4) is 0 Å². The summed E-state index contributed by atoms with van der Waals surface area (Å²) in [5, 5.41) is 0. The van der Waals surface area contributed by atoms with Gasteiger partial charge in [0.25, 0.3) is 0 Å². The summed E-state index contributed by atoms with van der Waals surface area (Å²) in [6.45, 7) is 17.5. The Morgan fingerprint density at radius 2 is 1.52 bits per heavy atom. The molecule has 0 N–H and O–H groups in total. The van der Waals surface area contributed by atoms with Crippen LogP contribution in [0.2, 0.25) is 0 Å². The molecule has 2 aromatic rings. The Morgan fingerprint density at radius 1 is 0.818 bits per heavy atom. The van der Waals surface area contributed by atoms with Gasteiger partial charge in [0, 0.05) is 54.6 Å². The second-order valence-electron chi connectivity index (χ2n) is 13.5. The number of fused-ring (bicyclic) bond motifs is 2. The molecule has 0 spiro atoms. The number of halogens is 2. The number of hydrogen-bond donors (Lipinski definition) is 0. The van der Waals surface area contributed by atoms with Gasteiger partial charge in [0.15, 0.2) is 5.71 Å². The van der Waals surface area contributed by atoms with E-state index in [1.165, 1.54) is 90.7 Å². The summed E-state index contributed by atoms with van der Waals surface area (Å²) in [4.78, 5) is 2.57. The van der Waals surface area contributed by atoms with Crippen LogP contribution in [0.3, 0.4) is 0 Å². The molecule has 0 aromatic heterocycles. The number of allylic oxidation sites excluding steroid dienone is 4. The van der Waals surface area contributed by atoms with Gasteiger partial charge in [-0.3, -0.25) is 0 Å². The molecule has 5 heteroatoms. The zero-order valence-electron chi connectivity index (χ0n) is 27.5. The fourth-order valence-electron chi connectivity index (χ4n) is 6.99. The summed E-state index contributed by atoms with van der Waals surface area (Å²) < 4.78 is 11.3. The van der Waals surface area contributed by atoms with Crippen LogP contribution < -0.4 is 4.90 Å². The highest BCUT2D eigenvalue weighted by atomic mass is 127. The third kappa shape index (κ3) is 7.00. The predicted molar refractivity (Wildman–Crippen MR) is 205 cm³/mol. The van der Waals surface area contributed by atoms with E-state index in [4.69, 9.17) is 4.74 Å². The highest BCUT2D eigenvalue weighted by Crippen LogP contribution is 2.48. The Hall–Kier alpha value is -1.71. The van der Waals surface area contributed by atoms with E-state index in [2.05, 4.69) is 163 Å². The standard InChI is InChI=1S/C39H49I2N2O/c1-7-9-11-21-42-34-17-15-30(40)24-32(34)38(3,4)36(42)19-13-28-23-29(27-44-26-28)14-20-37-39(5,6)33-25-31(41)16-18-35(33)43(37)22-12-10-8-2/h13-20,23-25H,7-12,21-22,26-27H2,1-6H3/q+1. The minimum Gasteiger partial charge on any atom is -0.372 e. The van der Waals surface area contributed by atoms with Crippen molar-refractivity contribution in [1.82, 2.24) is 0 Å². The fraction of sp³-hybridized carbons (Fsp3) is 0.462. The minimum atomic E-state index is -0.0412. The summed E-state index contributed by atoms with van der Waals surface area (Å²) in [7, 11) is 0. The van der Waals surface area contributed by atoms with E-state index >= 15 is 0 Å². The summed E-state index contributed by atoms with van der Waals surface area (Å²) in [6.07, 6.45) is 19.1. The SMILES string of the molecule is CCCCCN1/C(=C/C=C2C=C(/C=C/C3=[N+](CCCCC)c4ccc(I)cc4C3(C)C)COC/2)C(C)(C)c2cc(I)ccc21. The van der Waals surface area contributed by atoms with Crippen LogP contribution in [0.25, 0.3) is 0 Å². The topological polar surface area (TPSA) is 15.5 Å². The number of unbranched alkanes of at least 4 members (excludes halogenated alkanes) is 4. The van der Waals surface area contributed by atoms with E-state index in [1.54, 1.807) is 0 Å². The highest BCUT2D eigenvalue weighted by Gasteiger charge is 2.44. The van der Waals surface area contributed by atoms with Gasteiger partial charge in [-0.15, -0.1) is 0 Å². The average molecular weight is 816 g/mol. The Kier molecular flexibility index (Phi) is 11.0. The summed E-state index contributed by atoms with van der Waals surface area (Å²) in [6, 6.07) is 13.9. The van der Waals surface area contributed by atoms with Gasteiger partial charge in [-0.1, -0.05) is 65.2 Å². The van der Waals surface area contributed by atoms with Gasteiger partial charge in [-0.05, 0) is 125 Å². The molecule has 0 amide bonds. The van der Waals surface area contributed by atoms with Crippen LogP contribution in [0, 0.1) is 7.14 Å². The molecule has 44 heavy (non-hydrogen) atoms. The maximum Gasteiger partial charge on any atom is 0.209 e. The molecule has 0 unspecified atom stereocenters. The van der Waals surface area contributed by atoms with Crippen molar-refractivity contribution in [2.75, 3.05) is 31.2 Å². The molecule has 2 aromatic carbocycles. The molecule has 0 saturated heterocycles. The first-order valence-corrected chi connectivity index (χ1v) is 18.6. The lowest BCUT2D eigenvalue weighted by Gasteiger charge is -2.27. The van der Waals surface area contributed by atoms with Crippen LogP contribution in [0.15, 0.2) is 83.6 Å². The van der Waals surface area contributed by atoms with Crippen LogP contribution in [-0.2, 0) is 15.6 Å². The molecule has 5 rings (SSSR count). The number of hydrogen-bond acceptors (Lipinski definition) is 2. The summed E-state index contributed by atoms with van der Waals surface area (Å²) in [5.41, 5.74) is 10.7. The zero-order valence-corrected chi connectivity index (χ0v) is 31.8. The van der Waals surface area contributed by atoms with Crippen molar-refractivity contribution < 1.29 is 9.31 Å². The number of rotatable bonds is 11. The molecule has 0 fully saturated rings. The van der Waals surface area contributed by atoms with Crippen molar-refractivity contribution in [3.05, 3.63) is 102 Å². The fourth-order valence-corrected chi connectivity index (χ4v) is 7.97. The number of anilines is 1. The van der Waals surface area contributed by atoms with Crippen LogP contribution >= 0.6 is 45.2 Å². The van der Waals surface area contributed by atoms with Crippen molar-refractivity contribution in [2.45, 2.75) is 90.9 Å². The smallest absolute Gasteiger partial charge is 0.209 e. The third-order valence-electron chi connectivity index (χ3n) is 9.50. The third-order valence-corrected chi connectivity index (χ3v) is 10.8. The van der Waals surface area contributed by atoms with E-state index in [1.807, 2.05) is 0 Å². The highest BCUT2D eigenvalue weighted by molar-refractivity contribution is 14.1. The molecule has 0 radical (unpaired) electrons. The first kappa shape index (κ1) is 33.6. The van der Waals surface area contributed by atoms with Gasteiger partial charge in [-0.2, -0.15) is 4.58 Å². The van der Waals surface area contributed by atoms with Gasteiger partial charge < -0.3 is 9.64 Å². The second-order valence-corrected chi connectivity index (χ2v) is 16.0. The molecule has 3 aliphatic heterocycles. The summed E-state index contributed by atoms with van der Waals surface area (Å²) >= 11 is 4.89. The molecule has 3 aliphatic rings. The van der Waals surface area contributed by atoms with Crippen molar-refractivity contribution in [1.29, 1.82) is 0 Å². The number of ether oxygens (including phenoxy) is 1. The van der Waals surface area contributed by atoms with Crippen molar-refractivity contribution >= 4 is 62.3 Å². The van der Waals surface area contributed by atoms with Gasteiger partial charge in [0.1, 0.15) is 6.54 Å². The lowest BCUT2D eigenvalue weighted by molar-refractivity contribution is -0.438. The zero-order chi connectivity index (χ0) is 31.5. The largest absolute Gasteiger partial charge is 0.372 e. The van der Waals surface area contributed by atoms with Crippen LogP contribution in [-0.4, -0.2) is 36.6 Å². The molecule has 3 heterocycles. The Labute approximate surface area is 293 Å². The molecular weight excluding hydrogens is 766 g/mol. The first-order valence-electron chi connectivity index (χ1n) is 16.5. The quantitative estimate of drug-likeness (QED) is 0.128. The second kappa shape index (κ2) is 14.4.